The number of hydrogen-bond donors (Lipinski definition) is 0. The fraction of sp³-hybridized carbons (Fsp3) is 1.00. The van der Waals surface area contributed by atoms with Crippen molar-refractivity contribution in [1.82, 2.24) is 0 Å². The van der Waals surface area contributed by atoms with Crippen LogP contribution in [0.15, 0.2) is 0 Å². The summed E-state index contributed by atoms with van der Waals surface area (Å²) in [5, 5.41) is 0. The van der Waals surface area contributed by atoms with Crippen molar-refractivity contribution < 1.29 is 8.42 Å². The van der Waals surface area contributed by atoms with Crippen LogP contribution in [-0.4, -0.2) is 20.4 Å². The van der Waals surface area contributed by atoms with Crippen molar-refractivity contribution in [3.8, 4) is 0 Å². The minimum absolute atomic E-state index is 0.387. The summed E-state index contributed by atoms with van der Waals surface area (Å²) >= 11 is 0. The molecule has 60 valence electrons. The maximum atomic E-state index is 10.7. The molecule has 0 radical (unpaired) electrons. The summed E-state index contributed by atoms with van der Waals surface area (Å²) in [6.45, 7) is 0. The van der Waals surface area contributed by atoms with E-state index in [4.69, 9.17) is 0 Å². The lowest BCUT2D eigenvalue weighted by Gasteiger charge is -2.24. The molecule has 0 heterocycles. The van der Waals surface area contributed by atoms with Crippen molar-refractivity contribution in [3.05, 3.63) is 0 Å². The van der Waals surface area contributed by atoms with E-state index >= 15 is 0 Å². The van der Waals surface area contributed by atoms with Gasteiger partial charge >= 0.3 is 0 Å². The molecule has 0 amide bonds. The molecule has 3 heteroatoms. The summed E-state index contributed by atoms with van der Waals surface area (Å²) in [7, 11) is -2.70. The molecule has 0 aromatic heterocycles. The van der Waals surface area contributed by atoms with Gasteiger partial charge in [-0.1, -0.05) is 19.3 Å². The summed E-state index contributed by atoms with van der Waals surface area (Å²) in [5.41, 5.74) is 0. The van der Waals surface area contributed by atoms with Crippen LogP contribution in [0.2, 0.25) is 0 Å². The molecule has 0 aromatic rings. The summed E-state index contributed by atoms with van der Waals surface area (Å²) < 4.78 is 21.4. The van der Waals surface area contributed by atoms with Crippen LogP contribution in [0.1, 0.15) is 25.7 Å². The molecule has 0 aromatic carbocycles. The summed E-state index contributed by atoms with van der Waals surface area (Å²) in [4.78, 5) is 0. The van der Waals surface area contributed by atoms with Gasteiger partial charge in [0.25, 0.3) is 0 Å². The Labute approximate surface area is 62.5 Å². The maximum absolute atomic E-state index is 10.7. The Morgan fingerprint density at radius 3 is 2.30 bits per heavy atom. The van der Waals surface area contributed by atoms with Gasteiger partial charge in [0.1, 0.15) is 9.84 Å². The molecule has 1 fully saturated rings. The monoisotopic (exact) mass is 162 g/mol. The van der Waals surface area contributed by atoms with Crippen molar-refractivity contribution in [2.75, 3.05) is 12.0 Å². The highest BCUT2D eigenvalue weighted by Crippen LogP contribution is 2.29. The van der Waals surface area contributed by atoms with Gasteiger partial charge in [-0.2, -0.15) is 0 Å². The molecule has 0 N–H and O–H groups in total. The van der Waals surface area contributed by atoms with Gasteiger partial charge in [-0.15, -0.1) is 0 Å². The molecule has 1 saturated carbocycles. The molecule has 0 saturated heterocycles. The molecule has 0 spiro atoms. The highest BCUT2D eigenvalue weighted by atomic mass is 32.2. The molecule has 0 unspecified atom stereocenters. The second-order valence-corrected chi connectivity index (χ2v) is 5.48. The second-order valence-electron chi connectivity index (χ2n) is 3.22. The van der Waals surface area contributed by atoms with E-state index in [0.29, 0.717) is 5.75 Å². The lowest BCUT2D eigenvalue weighted by atomic mass is 9.84. The quantitative estimate of drug-likeness (QED) is 0.625. The topological polar surface area (TPSA) is 34.1 Å². The van der Waals surface area contributed by atoms with E-state index in [1.165, 1.54) is 25.5 Å². The van der Waals surface area contributed by atoms with Crippen molar-refractivity contribution in [1.29, 1.82) is 0 Å². The normalized spacial score (nSPS) is 20.5. The van der Waals surface area contributed by atoms with Gasteiger partial charge in [0.15, 0.2) is 0 Å². The Hall–Kier alpha value is -0.0500. The standard InChI is InChI=1S/C7H14O2S/c1-10(8,9)6-5-7-3-2-4-7/h7H,2-6H2,1H3. The molecule has 0 aliphatic heterocycles. The highest BCUT2D eigenvalue weighted by molar-refractivity contribution is 7.90. The van der Waals surface area contributed by atoms with Gasteiger partial charge < -0.3 is 0 Å². The fourth-order valence-corrected chi connectivity index (χ4v) is 1.92. The Morgan fingerprint density at radius 2 is 2.00 bits per heavy atom. The second kappa shape index (κ2) is 2.91. The van der Waals surface area contributed by atoms with Crippen LogP contribution < -0.4 is 0 Å². The van der Waals surface area contributed by atoms with Crippen LogP contribution in [0.25, 0.3) is 0 Å². The number of rotatable bonds is 3. The van der Waals surface area contributed by atoms with Crippen molar-refractivity contribution in [2.24, 2.45) is 5.92 Å². The molecule has 0 atom stereocenters. The molecule has 1 aliphatic rings. The minimum atomic E-state index is -2.70. The molecular formula is C7H14O2S. The summed E-state index contributed by atoms with van der Waals surface area (Å²) in [6, 6.07) is 0. The van der Waals surface area contributed by atoms with Gasteiger partial charge in [-0.05, 0) is 12.3 Å². The smallest absolute Gasteiger partial charge is 0.147 e. The van der Waals surface area contributed by atoms with Crippen LogP contribution in [0.3, 0.4) is 0 Å². The number of hydrogen-bond acceptors (Lipinski definition) is 2. The largest absolute Gasteiger partial charge is 0.229 e. The lowest BCUT2D eigenvalue weighted by Crippen LogP contribution is -2.15. The van der Waals surface area contributed by atoms with Gasteiger partial charge in [0.05, 0.1) is 5.75 Å². The van der Waals surface area contributed by atoms with Crippen molar-refractivity contribution >= 4 is 9.84 Å². The predicted octanol–water partition coefficient (Wildman–Crippen LogP) is 1.22. The average molecular weight is 162 g/mol. The summed E-state index contributed by atoms with van der Waals surface area (Å²) in [6.07, 6.45) is 5.99. The Bertz CT molecular complexity index is 190. The van der Waals surface area contributed by atoms with Crippen molar-refractivity contribution in [2.45, 2.75) is 25.7 Å². The highest BCUT2D eigenvalue weighted by Gasteiger charge is 2.18. The average Bonchev–Trinajstić information content (AvgIpc) is 1.56. The summed E-state index contributed by atoms with van der Waals surface area (Å²) in [5.74, 6) is 1.10. The van der Waals surface area contributed by atoms with E-state index in [-0.39, 0.29) is 0 Å². The zero-order valence-corrected chi connectivity index (χ0v) is 7.15. The minimum Gasteiger partial charge on any atom is -0.229 e. The van der Waals surface area contributed by atoms with E-state index in [1.807, 2.05) is 0 Å². The first kappa shape index (κ1) is 8.05. The van der Waals surface area contributed by atoms with Gasteiger partial charge in [-0.3, -0.25) is 0 Å². The van der Waals surface area contributed by atoms with Crippen LogP contribution in [0.5, 0.6) is 0 Å². The molecule has 1 rings (SSSR count). The zero-order chi connectivity index (χ0) is 7.61. The van der Waals surface area contributed by atoms with E-state index in [2.05, 4.69) is 0 Å². The lowest BCUT2D eigenvalue weighted by molar-refractivity contribution is 0.307. The first-order chi connectivity index (χ1) is 4.58. The third-order valence-corrected chi connectivity index (χ3v) is 3.10. The first-order valence-electron chi connectivity index (χ1n) is 3.76. The Balaban J connectivity index is 2.16. The van der Waals surface area contributed by atoms with Crippen LogP contribution in [-0.2, 0) is 9.84 Å². The van der Waals surface area contributed by atoms with Crippen LogP contribution >= 0.6 is 0 Å². The number of sulfone groups is 1. The first-order valence-corrected chi connectivity index (χ1v) is 5.82. The predicted molar refractivity (Wildman–Crippen MR) is 41.7 cm³/mol. The van der Waals surface area contributed by atoms with E-state index in [0.717, 1.165) is 12.3 Å². The molecule has 1 aliphatic carbocycles. The van der Waals surface area contributed by atoms with Gasteiger partial charge in [-0.25, -0.2) is 8.42 Å². The maximum Gasteiger partial charge on any atom is 0.147 e. The molecular weight excluding hydrogens is 148 g/mol. The van der Waals surface area contributed by atoms with Crippen LogP contribution in [0.4, 0.5) is 0 Å². The zero-order valence-electron chi connectivity index (χ0n) is 6.34. The SMILES string of the molecule is CS(=O)(=O)CCC1CCC1. The fourth-order valence-electron chi connectivity index (χ4n) is 1.16. The Kier molecular flexibility index (Phi) is 2.34. The Morgan fingerprint density at radius 1 is 1.40 bits per heavy atom. The molecule has 0 bridgehead atoms. The molecule has 2 nitrogen and oxygen atoms in total. The van der Waals surface area contributed by atoms with Gasteiger partial charge in [0, 0.05) is 6.26 Å². The third kappa shape index (κ3) is 2.69. The van der Waals surface area contributed by atoms with E-state index in [9.17, 15) is 8.42 Å². The van der Waals surface area contributed by atoms with Gasteiger partial charge in [0.2, 0.25) is 0 Å². The van der Waals surface area contributed by atoms with E-state index in [1.54, 1.807) is 0 Å². The third-order valence-electron chi connectivity index (χ3n) is 2.12. The van der Waals surface area contributed by atoms with Crippen LogP contribution in [0, 0.1) is 5.92 Å². The molecule has 10 heavy (non-hydrogen) atoms. The van der Waals surface area contributed by atoms with E-state index < -0.39 is 9.84 Å². The van der Waals surface area contributed by atoms with Crippen molar-refractivity contribution in [3.63, 3.8) is 0 Å².